The van der Waals surface area contributed by atoms with Crippen LogP contribution >= 0.6 is 0 Å². The lowest BCUT2D eigenvalue weighted by molar-refractivity contribution is 0.315. The third kappa shape index (κ3) is 0.993. The van der Waals surface area contributed by atoms with Crippen LogP contribution in [0.4, 0.5) is 0 Å². The molecule has 3 heteroatoms. The van der Waals surface area contributed by atoms with Crippen LogP contribution < -0.4 is 0 Å². The number of fused-ring (bicyclic) bond motifs is 1. The molecule has 0 aliphatic carbocycles. The van der Waals surface area contributed by atoms with E-state index in [1.807, 2.05) is 25.1 Å². The Labute approximate surface area is 69.7 Å². The fraction of sp³-hybridized carbons (Fsp3) is 0.111. The number of rotatable bonds is 1. The minimum atomic E-state index is 0.774. The molecule has 0 aliphatic heterocycles. The Morgan fingerprint density at radius 3 is 2.83 bits per heavy atom. The lowest BCUT2D eigenvalue weighted by atomic mass is 10.1. The zero-order valence-electron chi connectivity index (χ0n) is 6.74. The number of allylic oxidation sites excluding steroid dienone is 1. The quantitative estimate of drug-likeness (QED) is 0.642. The first kappa shape index (κ1) is 7.03. The van der Waals surface area contributed by atoms with Gasteiger partial charge in [0.05, 0.1) is 0 Å². The van der Waals surface area contributed by atoms with Crippen LogP contribution in [-0.4, -0.2) is 10.3 Å². The lowest BCUT2D eigenvalue weighted by Crippen LogP contribution is -1.77. The fourth-order valence-electron chi connectivity index (χ4n) is 1.05. The first-order chi connectivity index (χ1) is 5.77. The number of nitrogens with zero attached hydrogens (tertiary/aromatic N) is 2. The van der Waals surface area contributed by atoms with Gasteiger partial charge in [-0.2, -0.15) is 0 Å². The molecule has 1 aromatic heterocycles. The summed E-state index contributed by atoms with van der Waals surface area (Å²) >= 11 is 0. The van der Waals surface area contributed by atoms with Gasteiger partial charge in [-0.05, 0) is 34.9 Å². The highest BCUT2D eigenvalue weighted by molar-refractivity contribution is 5.78. The van der Waals surface area contributed by atoms with Gasteiger partial charge in [0.1, 0.15) is 11.0 Å². The second-order valence-electron chi connectivity index (χ2n) is 2.75. The predicted molar refractivity (Wildman–Crippen MR) is 46.5 cm³/mol. The van der Waals surface area contributed by atoms with E-state index in [-0.39, 0.29) is 0 Å². The first-order valence-electron chi connectivity index (χ1n) is 3.65. The summed E-state index contributed by atoms with van der Waals surface area (Å²) in [6, 6.07) is 5.74. The maximum absolute atomic E-state index is 4.57. The average Bonchev–Trinajstić information content (AvgIpc) is 2.49. The molecule has 0 saturated heterocycles. The molecule has 0 fully saturated rings. The van der Waals surface area contributed by atoms with Crippen molar-refractivity contribution < 1.29 is 4.63 Å². The molecule has 3 nitrogen and oxygen atoms in total. The van der Waals surface area contributed by atoms with Crippen LogP contribution in [0.2, 0.25) is 0 Å². The highest BCUT2D eigenvalue weighted by Crippen LogP contribution is 2.16. The summed E-state index contributed by atoms with van der Waals surface area (Å²) in [6.45, 7) is 5.79. The van der Waals surface area contributed by atoms with Crippen molar-refractivity contribution in [1.29, 1.82) is 0 Å². The standard InChI is InChI=1S/C9H8N2O/c1-6(2)7-3-4-8-9(5-7)11-12-10-8/h3-5H,1H2,2H3. The number of hydrogen-bond acceptors (Lipinski definition) is 3. The van der Waals surface area contributed by atoms with Crippen molar-refractivity contribution in [2.24, 2.45) is 0 Å². The van der Waals surface area contributed by atoms with E-state index in [1.165, 1.54) is 0 Å². The smallest absolute Gasteiger partial charge is 0.135 e. The van der Waals surface area contributed by atoms with Gasteiger partial charge in [-0.3, -0.25) is 0 Å². The molecule has 12 heavy (non-hydrogen) atoms. The lowest BCUT2D eigenvalue weighted by Gasteiger charge is -1.95. The molecule has 0 aliphatic rings. The summed E-state index contributed by atoms with van der Waals surface area (Å²) in [4.78, 5) is 0. The molecule has 1 aromatic carbocycles. The third-order valence-corrected chi connectivity index (χ3v) is 1.75. The Bertz CT molecular complexity index is 431. The van der Waals surface area contributed by atoms with Crippen LogP contribution in [0.1, 0.15) is 12.5 Å². The van der Waals surface area contributed by atoms with Crippen LogP contribution in [0, 0.1) is 0 Å². The molecule has 0 N–H and O–H groups in total. The summed E-state index contributed by atoms with van der Waals surface area (Å²) in [5, 5.41) is 7.44. The Balaban J connectivity index is 2.68. The van der Waals surface area contributed by atoms with Crippen molar-refractivity contribution in [3.8, 4) is 0 Å². The molecule has 0 radical (unpaired) electrons. The van der Waals surface area contributed by atoms with E-state index in [4.69, 9.17) is 0 Å². The molecular weight excluding hydrogens is 152 g/mol. The molecule has 0 atom stereocenters. The minimum absolute atomic E-state index is 0.774. The second kappa shape index (κ2) is 2.44. The maximum Gasteiger partial charge on any atom is 0.135 e. The summed E-state index contributed by atoms with van der Waals surface area (Å²) in [7, 11) is 0. The number of benzene rings is 1. The zero-order chi connectivity index (χ0) is 8.55. The fourth-order valence-corrected chi connectivity index (χ4v) is 1.05. The summed E-state index contributed by atoms with van der Waals surface area (Å²) in [6.07, 6.45) is 0. The van der Waals surface area contributed by atoms with Crippen LogP contribution in [0.3, 0.4) is 0 Å². The van der Waals surface area contributed by atoms with Gasteiger partial charge in [-0.25, -0.2) is 4.63 Å². The Kier molecular flexibility index (Phi) is 1.43. The molecule has 0 unspecified atom stereocenters. The highest BCUT2D eigenvalue weighted by atomic mass is 16.6. The maximum atomic E-state index is 4.57. The van der Waals surface area contributed by atoms with E-state index in [9.17, 15) is 0 Å². The van der Waals surface area contributed by atoms with Crippen LogP contribution in [0.15, 0.2) is 29.4 Å². The monoisotopic (exact) mass is 160 g/mol. The Morgan fingerprint density at radius 2 is 2.08 bits per heavy atom. The van der Waals surface area contributed by atoms with E-state index in [2.05, 4.69) is 21.5 Å². The van der Waals surface area contributed by atoms with E-state index < -0.39 is 0 Å². The summed E-state index contributed by atoms with van der Waals surface area (Å²) < 4.78 is 4.57. The van der Waals surface area contributed by atoms with Gasteiger partial charge >= 0.3 is 0 Å². The van der Waals surface area contributed by atoms with E-state index >= 15 is 0 Å². The highest BCUT2D eigenvalue weighted by Gasteiger charge is 2.00. The van der Waals surface area contributed by atoms with Gasteiger partial charge < -0.3 is 0 Å². The van der Waals surface area contributed by atoms with Crippen LogP contribution in [-0.2, 0) is 0 Å². The van der Waals surface area contributed by atoms with E-state index in [1.54, 1.807) is 0 Å². The number of aromatic nitrogens is 2. The van der Waals surface area contributed by atoms with Crippen molar-refractivity contribution >= 4 is 16.6 Å². The van der Waals surface area contributed by atoms with Gasteiger partial charge in [-0.1, -0.05) is 18.2 Å². The van der Waals surface area contributed by atoms with Gasteiger partial charge in [0.15, 0.2) is 0 Å². The molecule has 0 amide bonds. The molecule has 0 bridgehead atoms. The van der Waals surface area contributed by atoms with Gasteiger partial charge in [0.2, 0.25) is 0 Å². The Hall–Kier alpha value is -1.64. The van der Waals surface area contributed by atoms with Gasteiger partial charge in [0.25, 0.3) is 0 Å². The first-order valence-corrected chi connectivity index (χ1v) is 3.65. The third-order valence-electron chi connectivity index (χ3n) is 1.75. The molecule has 1 heterocycles. The van der Waals surface area contributed by atoms with Crippen molar-refractivity contribution in [2.45, 2.75) is 6.92 Å². The normalized spacial score (nSPS) is 10.4. The van der Waals surface area contributed by atoms with Gasteiger partial charge in [-0.15, -0.1) is 0 Å². The minimum Gasteiger partial charge on any atom is -0.243 e. The van der Waals surface area contributed by atoms with E-state index in [0.29, 0.717) is 0 Å². The predicted octanol–water partition coefficient (Wildman–Crippen LogP) is 2.26. The van der Waals surface area contributed by atoms with Crippen molar-refractivity contribution in [1.82, 2.24) is 10.3 Å². The van der Waals surface area contributed by atoms with Crippen molar-refractivity contribution in [3.05, 3.63) is 30.3 Å². The van der Waals surface area contributed by atoms with Crippen molar-refractivity contribution in [2.75, 3.05) is 0 Å². The molecule has 2 aromatic rings. The van der Waals surface area contributed by atoms with Crippen molar-refractivity contribution in [3.63, 3.8) is 0 Å². The van der Waals surface area contributed by atoms with E-state index in [0.717, 1.165) is 22.2 Å². The van der Waals surface area contributed by atoms with Gasteiger partial charge in [0, 0.05) is 0 Å². The molecule has 0 spiro atoms. The summed E-state index contributed by atoms with van der Waals surface area (Å²) in [5.41, 5.74) is 3.63. The average molecular weight is 160 g/mol. The molecule has 0 saturated carbocycles. The summed E-state index contributed by atoms with van der Waals surface area (Å²) in [5.74, 6) is 0. The zero-order valence-corrected chi connectivity index (χ0v) is 6.74. The molecular formula is C9H8N2O. The number of hydrogen-bond donors (Lipinski definition) is 0. The topological polar surface area (TPSA) is 38.9 Å². The Morgan fingerprint density at radius 1 is 1.33 bits per heavy atom. The van der Waals surface area contributed by atoms with Crippen LogP contribution in [0.25, 0.3) is 16.6 Å². The largest absolute Gasteiger partial charge is 0.243 e. The second-order valence-corrected chi connectivity index (χ2v) is 2.75. The molecule has 2 rings (SSSR count). The van der Waals surface area contributed by atoms with Crippen LogP contribution in [0.5, 0.6) is 0 Å². The SMILES string of the molecule is C=C(C)c1ccc2nonc2c1. The molecule has 60 valence electrons.